The van der Waals surface area contributed by atoms with Crippen molar-refractivity contribution < 1.29 is 14.6 Å². The van der Waals surface area contributed by atoms with Crippen LogP contribution in [0.5, 0.6) is 0 Å². The number of nitrogens with zero attached hydrogens (tertiary/aromatic N) is 1. The number of rotatable bonds is 10. The van der Waals surface area contributed by atoms with Gasteiger partial charge in [0.1, 0.15) is 6.10 Å². The van der Waals surface area contributed by atoms with Crippen molar-refractivity contribution in [2.24, 2.45) is 17.3 Å². The molecule has 4 nitrogen and oxygen atoms in total. The fourth-order valence-electron chi connectivity index (χ4n) is 4.65. The van der Waals surface area contributed by atoms with Gasteiger partial charge in [-0.25, -0.2) is 0 Å². The summed E-state index contributed by atoms with van der Waals surface area (Å²) in [5.41, 5.74) is 1.55. The van der Waals surface area contributed by atoms with E-state index in [2.05, 4.69) is 66.8 Å². The molecule has 1 saturated carbocycles. The van der Waals surface area contributed by atoms with Gasteiger partial charge in [-0.15, -0.1) is 0 Å². The number of hydrogen-bond donors (Lipinski definition) is 2. The van der Waals surface area contributed by atoms with E-state index in [9.17, 15) is 15.5 Å². The second kappa shape index (κ2) is 11.0. The fourth-order valence-corrected chi connectivity index (χ4v) is 5.68. The quantitative estimate of drug-likeness (QED) is 0.213. The molecule has 0 bridgehead atoms. The summed E-state index contributed by atoms with van der Waals surface area (Å²) >= 11 is 0. The van der Waals surface area contributed by atoms with E-state index >= 15 is 0 Å². The first-order chi connectivity index (χ1) is 14.4. The first kappa shape index (κ1) is 29.1. The molecule has 2 N–H and O–H groups in total. The van der Waals surface area contributed by atoms with Crippen molar-refractivity contribution in [1.29, 1.82) is 5.26 Å². The lowest BCUT2D eigenvalue weighted by Gasteiger charge is -2.39. The Labute approximate surface area is 198 Å². The third-order valence-electron chi connectivity index (χ3n) is 8.06. The molecular weight excluding hydrogens is 414 g/mol. The van der Waals surface area contributed by atoms with Crippen molar-refractivity contribution in [1.82, 2.24) is 0 Å². The molecule has 0 aromatic rings. The van der Waals surface area contributed by atoms with Gasteiger partial charge in [0, 0.05) is 5.92 Å². The van der Waals surface area contributed by atoms with Gasteiger partial charge in [0.05, 0.1) is 18.3 Å². The van der Waals surface area contributed by atoms with E-state index in [0.717, 1.165) is 32.1 Å². The molecule has 0 amide bonds. The van der Waals surface area contributed by atoms with Gasteiger partial charge in [0.15, 0.2) is 8.32 Å². The van der Waals surface area contributed by atoms with E-state index < -0.39 is 20.0 Å². The predicted molar refractivity (Wildman–Crippen MR) is 137 cm³/mol. The van der Waals surface area contributed by atoms with E-state index in [0.29, 0.717) is 6.61 Å². The highest BCUT2D eigenvalue weighted by molar-refractivity contribution is 6.74. The van der Waals surface area contributed by atoms with E-state index in [1.165, 1.54) is 11.1 Å². The third-order valence-corrected chi connectivity index (χ3v) is 12.5. The van der Waals surface area contributed by atoms with Crippen molar-refractivity contribution in [3.63, 3.8) is 0 Å². The van der Waals surface area contributed by atoms with Crippen LogP contribution in [0.3, 0.4) is 0 Å². The molecule has 1 aliphatic rings. The van der Waals surface area contributed by atoms with E-state index in [4.69, 9.17) is 4.43 Å². The minimum Gasteiger partial charge on any atom is -0.413 e. The molecule has 0 aromatic carbocycles. The fraction of sp³-hybridized carbons (Fsp3) is 0.815. The van der Waals surface area contributed by atoms with Crippen LogP contribution in [-0.4, -0.2) is 36.8 Å². The van der Waals surface area contributed by atoms with E-state index in [1.54, 1.807) is 13.8 Å². The number of aliphatic hydroxyl groups is 2. The molecule has 4 atom stereocenters. The molecule has 0 heterocycles. The largest absolute Gasteiger partial charge is 0.413 e. The Morgan fingerprint density at radius 1 is 1.19 bits per heavy atom. The number of hydrogen-bond acceptors (Lipinski definition) is 4. The Bertz CT molecular complexity index is 721. The van der Waals surface area contributed by atoms with Gasteiger partial charge in [-0.1, -0.05) is 51.0 Å². The third kappa shape index (κ3) is 7.83. The lowest BCUT2D eigenvalue weighted by molar-refractivity contribution is -0.0446. The van der Waals surface area contributed by atoms with Gasteiger partial charge in [0.2, 0.25) is 0 Å². The molecule has 1 fully saturated rings. The maximum absolute atomic E-state index is 10.6. The van der Waals surface area contributed by atoms with E-state index in [1.807, 2.05) is 6.07 Å². The van der Waals surface area contributed by atoms with Gasteiger partial charge in [-0.3, -0.25) is 0 Å². The van der Waals surface area contributed by atoms with Crippen LogP contribution in [0, 0.1) is 28.6 Å². The van der Waals surface area contributed by atoms with Crippen molar-refractivity contribution in [3.05, 3.63) is 23.3 Å². The van der Waals surface area contributed by atoms with Crippen LogP contribution in [0.2, 0.25) is 18.1 Å². The summed E-state index contributed by atoms with van der Waals surface area (Å²) in [5.74, 6) is -0.284. The zero-order chi connectivity index (χ0) is 25.0. The van der Waals surface area contributed by atoms with Gasteiger partial charge in [-0.2, -0.15) is 5.26 Å². The zero-order valence-corrected chi connectivity index (χ0v) is 23.4. The highest BCUT2D eigenvalue weighted by Gasteiger charge is 2.52. The zero-order valence-electron chi connectivity index (χ0n) is 22.4. The second-order valence-electron chi connectivity index (χ2n) is 12.4. The summed E-state index contributed by atoms with van der Waals surface area (Å²) < 4.78 is 6.31. The maximum Gasteiger partial charge on any atom is 0.192 e. The molecule has 0 unspecified atom stereocenters. The Morgan fingerprint density at radius 2 is 1.78 bits per heavy atom. The molecule has 0 saturated heterocycles. The van der Waals surface area contributed by atoms with Gasteiger partial charge < -0.3 is 14.6 Å². The second-order valence-corrected chi connectivity index (χ2v) is 17.3. The molecule has 0 aliphatic heterocycles. The van der Waals surface area contributed by atoms with Crippen molar-refractivity contribution >= 4 is 8.32 Å². The summed E-state index contributed by atoms with van der Waals surface area (Å²) in [6.45, 7) is 22.2. The van der Waals surface area contributed by atoms with Crippen LogP contribution in [-0.2, 0) is 4.43 Å². The van der Waals surface area contributed by atoms with Crippen LogP contribution in [0.15, 0.2) is 23.3 Å². The maximum atomic E-state index is 10.6. The summed E-state index contributed by atoms with van der Waals surface area (Å²) in [5, 5.41) is 30.7. The molecule has 1 aliphatic carbocycles. The van der Waals surface area contributed by atoms with Crippen LogP contribution in [0.4, 0.5) is 0 Å². The molecule has 1 rings (SSSR count). The highest BCUT2D eigenvalue weighted by atomic mass is 28.4. The first-order valence-corrected chi connectivity index (χ1v) is 15.1. The number of nitriles is 1. The molecular formula is C27H49NO3Si. The van der Waals surface area contributed by atoms with Crippen molar-refractivity contribution in [2.75, 3.05) is 6.61 Å². The van der Waals surface area contributed by atoms with Gasteiger partial charge >= 0.3 is 0 Å². The minimum absolute atomic E-state index is 0.0673. The lowest BCUT2D eigenvalue weighted by atomic mass is 9.68. The highest BCUT2D eigenvalue weighted by Crippen LogP contribution is 2.54. The number of allylic oxidation sites excluding steroid dienone is 3. The standard InChI is InChI=1S/C27H49NO3Si/c1-20(12-11-13-21(2)19-31-32(9,10)25(3,4)5)14-16-27(8)17-15-22(26(6,7)30)24(27)23(29)18-28/h13-14,22-24,29-30H,11-12,15-17,19H2,1-10H3/b20-14+,21-13+/t22-,23-,24-,27+/m1/s1. The normalized spacial score (nSPS) is 26.8. The van der Waals surface area contributed by atoms with Gasteiger partial charge in [0.25, 0.3) is 0 Å². The van der Waals surface area contributed by atoms with Gasteiger partial charge in [-0.05, 0) is 89.3 Å². The number of aliphatic hydroxyl groups excluding tert-OH is 1. The topological polar surface area (TPSA) is 73.5 Å². The van der Waals surface area contributed by atoms with Crippen LogP contribution >= 0.6 is 0 Å². The van der Waals surface area contributed by atoms with Crippen LogP contribution < -0.4 is 0 Å². The summed E-state index contributed by atoms with van der Waals surface area (Å²) in [4.78, 5) is 0. The summed E-state index contributed by atoms with van der Waals surface area (Å²) in [6.07, 6.45) is 8.08. The Kier molecular flexibility index (Phi) is 10.00. The van der Waals surface area contributed by atoms with Crippen molar-refractivity contribution in [3.8, 4) is 6.07 Å². The van der Waals surface area contributed by atoms with Crippen molar-refractivity contribution in [2.45, 2.75) is 117 Å². The molecule has 0 radical (unpaired) electrons. The van der Waals surface area contributed by atoms with E-state index in [-0.39, 0.29) is 22.3 Å². The smallest absolute Gasteiger partial charge is 0.192 e. The summed E-state index contributed by atoms with van der Waals surface area (Å²) in [7, 11) is -1.72. The average molecular weight is 464 g/mol. The predicted octanol–water partition coefficient (Wildman–Crippen LogP) is 6.76. The SMILES string of the molecule is C/C(=C\C[C@@]1(C)CC[C@@H](C(C)(C)O)[C@@H]1[C@H](O)C#N)CC/C=C(\C)CO[Si](C)(C)C(C)(C)C. The molecule has 184 valence electrons. The molecule has 0 aromatic heterocycles. The van der Waals surface area contributed by atoms with Crippen LogP contribution in [0.25, 0.3) is 0 Å². The molecule has 0 spiro atoms. The Hall–Kier alpha value is -0.933. The summed E-state index contributed by atoms with van der Waals surface area (Å²) in [6, 6.07) is 2.04. The Morgan fingerprint density at radius 3 is 2.28 bits per heavy atom. The monoisotopic (exact) mass is 463 g/mol. The molecule has 32 heavy (non-hydrogen) atoms. The Balaban J connectivity index is 2.70. The minimum atomic E-state index is -1.72. The first-order valence-electron chi connectivity index (χ1n) is 12.2. The van der Waals surface area contributed by atoms with Crippen LogP contribution in [0.1, 0.15) is 87.5 Å². The lowest BCUT2D eigenvalue weighted by Crippen LogP contribution is -2.43. The average Bonchev–Trinajstić information content (AvgIpc) is 3.01. The molecule has 5 heteroatoms.